The Bertz CT molecular complexity index is 1130. The number of rotatable bonds is 7. The molecular formula is C23H21N3O4S. The van der Waals surface area contributed by atoms with Gasteiger partial charge in [0.1, 0.15) is 4.99 Å². The first-order valence-corrected chi connectivity index (χ1v) is 9.67. The Kier molecular flexibility index (Phi) is 6.84. The molecule has 8 heteroatoms. The first-order chi connectivity index (χ1) is 14.9. The van der Waals surface area contributed by atoms with E-state index in [0.29, 0.717) is 39.6 Å². The zero-order valence-electron chi connectivity index (χ0n) is 17.0. The number of nitrogens with one attached hydrogen (secondary N) is 2. The quantitative estimate of drug-likeness (QED) is 0.487. The lowest BCUT2D eigenvalue weighted by Gasteiger charge is -2.13. The SMILES string of the molecule is COc1ccc(C(=O)Nc2ccccc2NC(=O)c2ccc(C(N)=S)cc2)cc1OC. The summed E-state index contributed by atoms with van der Waals surface area (Å²) in [4.78, 5) is 25.6. The summed E-state index contributed by atoms with van der Waals surface area (Å²) in [5, 5.41) is 5.62. The van der Waals surface area contributed by atoms with Crippen molar-refractivity contribution in [3.8, 4) is 11.5 Å². The van der Waals surface area contributed by atoms with Crippen LogP contribution in [-0.2, 0) is 0 Å². The molecule has 0 unspecified atom stereocenters. The van der Waals surface area contributed by atoms with Crippen molar-refractivity contribution in [3.05, 3.63) is 83.4 Å². The molecule has 4 N–H and O–H groups in total. The fourth-order valence-corrected chi connectivity index (χ4v) is 2.99. The molecule has 0 saturated heterocycles. The largest absolute Gasteiger partial charge is 0.493 e. The fourth-order valence-electron chi connectivity index (χ4n) is 2.85. The van der Waals surface area contributed by atoms with Crippen molar-refractivity contribution < 1.29 is 19.1 Å². The molecule has 0 aliphatic carbocycles. The van der Waals surface area contributed by atoms with E-state index in [0.717, 1.165) is 0 Å². The van der Waals surface area contributed by atoms with Gasteiger partial charge in [-0.15, -0.1) is 0 Å². The average Bonchev–Trinajstić information content (AvgIpc) is 2.79. The highest BCUT2D eigenvalue weighted by Gasteiger charge is 2.14. The van der Waals surface area contributed by atoms with Crippen molar-refractivity contribution in [1.29, 1.82) is 0 Å². The van der Waals surface area contributed by atoms with Gasteiger partial charge in [0, 0.05) is 16.7 Å². The number of methoxy groups -OCH3 is 2. The highest BCUT2D eigenvalue weighted by Crippen LogP contribution is 2.28. The van der Waals surface area contributed by atoms with Crippen LogP contribution in [-0.4, -0.2) is 31.0 Å². The van der Waals surface area contributed by atoms with Crippen LogP contribution in [0.3, 0.4) is 0 Å². The number of thiocarbonyl (C=S) groups is 1. The van der Waals surface area contributed by atoms with Gasteiger partial charge < -0.3 is 25.8 Å². The molecule has 3 rings (SSSR count). The van der Waals surface area contributed by atoms with Gasteiger partial charge in [-0.2, -0.15) is 0 Å². The number of hydrogen-bond acceptors (Lipinski definition) is 5. The van der Waals surface area contributed by atoms with E-state index in [1.165, 1.54) is 14.2 Å². The van der Waals surface area contributed by atoms with Gasteiger partial charge in [0.25, 0.3) is 11.8 Å². The van der Waals surface area contributed by atoms with Gasteiger partial charge in [0.15, 0.2) is 11.5 Å². The van der Waals surface area contributed by atoms with Gasteiger partial charge >= 0.3 is 0 Å². The third-order valence-corrected chi connectivity index (χ3v) is 4.74. The third kappa shape index (κ3) is 5.18. The molecule has 0 heterocycles. The number of hydrogen-bond donors (Lipinski definition) is 3. The maximum Gasteiger partial charge on any atom is 0.255 e. The lowest BCUT2D eigenvalue weighted by atomic mass is 10.1. The summed E-state index contributed by atoms with van der Waals surface area (Å²) in [6.45, 7) is 0. The molecule has 0 aliphatic rings. The van der Waals surface area contributed by atoms with Crippen LogP contribution in [0.2, 0.25) is 0 Å². The Morgan fingerprint density at radius 3 is 1.74 bits per heavy atom. The van der Waals surface area contributed by atoms with E-state index in [-0.39, 0.29) is 16.8 Å². The van der Waals surface area contributed by atoms with Crippen LogP contribution in [0.25, 0.3) is 0 Å². The van der Waals surface area contributed by atoms with Crippen LogP contribution >= 0.6 is 12.2 Å². The number of amides is 2. The van der Waals surface area contributed by atoms with Crippen molar-refractivity contribution in [2.24, 2.45) is 5.73 Å². The van der Waals surface area contributed by atoms with Crippen molar-refractivity contribution in [3.63, 3.8) is 0 Å². The molecule has 0 fully saturated rings. The number of nitrogens with two attached hydrogens (primary N) is 1. The molecule has 7 nitrogen and oxygen atoms in total. The minimum Gasteiger partial charge on any atom is -0.493 e. The molecule has 0 saturated carbocycles. The van der Waals surface area contributed by atoms with E-state index in [2.05, 4.69) is 10.6 Å². The second-order valence-electron chi connectivity index (χ2n) is 6.47. The smallest absolute Gasteiger partial charge is 0.255 e. The first-order valence-electron chi connectivity index (χ1n) is 9.26. The minimum absolute atomic E-state index is 0.259. The summed E-state index contributed by atoms with van der Waals surface area (Å²) in [6.07, 6.45) is 0. The topological polar surface area (TPSA) is 103 Å². The van der Waals surface area contributed by atoms with E-state index in [1.807, 2.05) is 0 Å². The summed E-state index contributed by atoms with van der Waals surface area (Å²) in [5.41, 5.74) is 7.99. The van der Waals surface area contributed by atoms with Crippen LogP contribution in [0.15, 0.2) is 66.7 Å². The molecule has 31 heavy (non-hydrogen) atoms. The third-order valence-electron chi connectivity index (χ3n) is 4.50. The summed E-state index contributed by atoms with van der Waals surface area (Å²) in [7, 11) is 3.02. The predicted octanol–water partition coefficient (Wildman–Crippen LogP) is 3.84. The van der Waals surface area contributed by atoms with E-state index in [9.17, 15) is 9.59 Å². The van der Waals surface area contributed by atoms with Crippen molar-refractivity contribution in [2.75, 3.05) is 24.9 Å². The van der Waals surface area contributed by atoms with Gasteiger partial charge in [-0.25, -0.2) is 0 Å². The zero-order valence-corrected chi connectivity index (χ0v) is 17.8. The average molecular weight is 436 g/mol. The van der Waals surface area contributed by atoms with E-state index < -0.39 is 0 Å². The minimum atomic E-state index is -0.358. The van der Waals surface area contributed by atoms with E-state index in [4.69, 9.17) is 27.4 Å². The number of ether oxygens (including phenoxy) is 2. The molecule has 0 aliphatic heterocycles. The van der Waals surface area contributed by atoms with Crippen LogP contribution in [0.5, 0.6) is 11.5 Å². The summed E-state index contributed by atoms with van der Waals surface area (Å²) >= 11 is 4.93. The standard InChI is InChI=1S/C23H21N3O4S/c1-29-19-12-11-16(13-20(19)30-2)23(28)26-18-6-4-3-5-17(18)25-22(27)15-9-7-14(8-10-15)21(24)31/h3-13H,1-2H3,(H2,24,31)(H,25,27)(H,26,28). The molecule has 0 spiro atoms. The van der Waals surface area contributed by atoms with Crippen LogP contribution in [0.4, 0.5) is 11.4 Å². The van der Waals surface area contributed by atoms with Crippen LogP contribution in [0.1, 0.15) is 26.3 Å². The van der Waals surface area contributed by atoms with Gasteiger partial charge in [-0.3, -0.25) is 9.59 Å². The number of anilines is 2. The van der Waals surface area contributed by atoms with Gasteiger partial charge in [0.2, 0.25) is 0 Å². The highest BCUT2D eigenvalue weighted by atomic mass is 32.1. The molecule has 0 bridgehead atoms. The number of carbonyl (C=O) groups is 2. The number of para-hydroxylation sites is 2. The van der Waals surface area contributed by atoms with Crippen molar-refractivity contribution in [1.82, 2.24) is 0 Å². The summed E-state index contributed by atoms with van der Waals surface area (Å²) < 4.78 is 10.4. The van der Waals surface area contributed by atoms with E-state index >= 15 is 0 Å². The molecule has 3 aromatic carbocycles. The summed E-state index contributed by atoms with van der Waals surface area (Å²) in [6, 6.07) is 18.4. The van der Waals surface area contributed by atoms with E-state index in [1.54, 1.807) is 66.7 Å². The molecule has 0 aromatic heterocycles. The lowest BCUT2D eigenvalue weighted by Crippen LogP contribution is -2.17. The van der Waals surface area contributed by atoms with Gasteiger partial charge in [-0.05, 0) is 42.5 Å². The maximum atomic E-state index is 12.7. The van der Waals surface area contributed by atoms with Crippen LogP contribution < -0.4 is 25.8 Å². The molecular weight excluding hydrogens is 414 g/mol. The molecule has 3 aromatic rings. The molecule has 0 atom stereocenters. The molecule has 2 amide bonds. The number of benzene rings is 3. The highest BCUT2D eigenvalue weighted by molar-refractivity contribution is 7.80. The molecule has 158 valence electrons. The Morgan fingerprint density at radius 1 is 0.742 bits per heavy atom. The normalized spacial score (nSPS) is 10.1. The summed E-state index contributed by atoms with van der Waals surface area (Å²) in [5.74, 6) is 0.274. The van der Waals surface area contributed by atoms with Gasteiger partial charge in [-0.1, -0.05) is 36.5 Å². The van der Waals surface area contributed by atoms with Crippen molar-refractivity contribution in [2.45, 2.75) is 0 Å². The first kappa shape index (κ1) is 21.8. The van der Waals surface area contributed by atoms with Gasteiger partial charge in [0.05, 0.1) is 25.6 Å². The Morgan fingerprint density at radius 2 is 1.23 bits per heavy atom. The Labute approximate surface area is 185 Å². The Hall–Kier alpha value is -3.91. The molecule has 0 radical (unpaired) electrons. The monoisotopic (exact) mass is 435 g/mol. The van der Waals surface area contributed by atoms with Crippen LogP contribution in [0, 0.1) is 0 Å². The predicted molar refractivity (Wildman–Crippen MR) is 124 cm³/mol. The maximum absolute atomic E-state index is 12.7. The fraction of sp³-hybridized carbons (Fsp3) is 0.0870. The number of carbonyl (C=O) groups excluding carboxylic acids is 2. The second-order valence-corrected chi connectivity index (χ2v) is 6.91. The second kappa shape index (κ2) is 9.73. The lowest BCUT2D eigenvalue weighted by molar-refractivity contribution is 0.101. The Balaban J connectivity index is 1.78. The zero-order chi connectivity index (χ0) is 22.4. The van der Waals surface area contributed by atoms with Crippen molar-refractivity contribution >= 4 is 40.4 Å².